The van der Waals surface area contributed by atoms with E-state index in [4.69, 9.17) is 16.3 Å². The Kier molecular flexibility index (Phi) is 2.07. The van der Waals surface area contributed by atoms with Crippen molar-refractivity contribution >= 4 is 22.5 Å². The smallest absolute Gasteiger partial charge is 0.145 e. The number of aromatic nitrogens is 1. The lowest BCUT2D eigenvalue weighted by molar-refractivity contribution is 0.419. The molecule has 0 aliphatic carbocycles. The van der Waals surface area contributed by atoms with E-state index in [2.05, 4.69) is 11.1 Å². The van der Waals surface area contributed by atoms with Crippen LogP contribution in [0.1, 0.15) is 0 Å². The van der Waals surface area contributed by atoms with E-state index in [1.54, 1.807) is 19.4 Å². The largest absolute Gasteiger partial charge is 0.494 e. The first-order valence-electron chi connectivity index (χ1n) is 3.82. The van der Waals surface area contributed by atoms with Gasteiger partial charge in [0.15, 0.2) is 0 Å². The predicted octanol–water partition coefficient (Wildman–Crippen LogP) is 2.70. The molecule has 0 saturated heterocycles. The number of hydrogen-bond donors (Lipinski definition) is 0. The second-order valence-electron chi connectivity index (χ2n) is 2.57. The zero-order valence-corrected chi connectivity index (χ0v) is 7.80. The molecule has 2 rings (SSSR count). The number of pyridine rings is 1. The van der Waals surface area contributed by atoms with Gasteiger partial charge in [-0.3, -0.25) is 4.98 Å². The quantitative estimate of drug-likeness (QED) is 0.693. The minimum Gasteiger partial charge on any atom is -0.494 e. The number of rotatable bonds is 1. The number of methoxy groups -OCH3 is 1. The van der Waals surface area contributed by atoms with Gasteiger partial charge < -0.3 is 4.74 Å². The highest BCUT2D eigenvalue weighted by Gasteiger charge is 2.04. The molecule has 1 radical (unpaired) electrons. The number of nitrogens with zero attached hydrogens (tertiary/aromatic N) is 1. The Labute approximate surface area is 81.1 Å². The molecule has 0 unspecified atom stereocenters. The number of ether oxygens (including phenoxy) is 1. The first kappa shape index (κ1) is 8.32. The molecule has 0 amide bonds. The summed E-state index contributed by atoms with van der Waals surface area (Å²) >= 11 is 5.93. The number of benzene rings is 1. The molecule has 1 aromatic heterocycles. The van der Waals surface area contributed by atoms with Crippen LogP contribution in [-0.4, -0.2) is 12.1 Å². The molecule has 1 aromatic carbocycles. The lowest BCUT2D eigenvalue weighted by Gasteiger charge is -2.04. The van der Waals surface area contributed by atoms with E-state index >= 15 is 0 Å². The molecule has 0 N–H and O–H groups in total. The van der Waals surface area contributed by atoms with Crippen LogP contribution in [0.15, 0.2) is 24.4 Å². The second-order valence-corrected chi connectivity index (χ2v) is 2.95. The third kappa shape index (κ3) is 1.33. The van der Waals surface area contributed by atoms with Gasteiger partial charge >= 0.3 is 0 Å². The van der Waals surface area contributed by atoms with Crippen molar-refractivity contribution in [2.75, 3.05) is 7.11 Å². The standard InChI is InChI=1S/C10H7ClNO/c1-13-9-5-4-8(11)7-3-2-6-12-10(7)9/h2-3,5-6H,1H3. The average Bonchev–Trinajstić information content (AvgIpc) is 2.19. The Morgan fingerprint density at radius 3 is 3.15 bits per heavy atom. The van der Waals surface area contributed by atoms with Gasteiger partial charge in [-0.2, -0.15) is 0 Å². The summed E-state index contributed by atoms with van der Waals surface area (Å²) in [6, 6.07) is 8.31. The molecule has 3 heteroatoms. The molecule has 13 heavy (non-hydrogen) atoms. The summed E-state index contributed by atoms with van der Waals surface area (Å²) in [5, 5.41) is 1.44. The van der Waals surface area contributed by atoms with Gasteiger partial charge in [0, 0.05) is 17.6 Å². The molecular formula is C10H7ClNO. The van der Waals surface area contributed by atoms with Crippen molar-refractivity contribution in [2.45, 2.75) is 0 Å². The Bertz CT molecular complexity index is 442. The van der Waals surface area contributed by atoms with E-state index in [0.29, 0.717) is 10.8 Å². The average molecular weight is 193 g/mol. The van der Waals surface area contributed by atoms with Crippen LogP contribution in [0.3, 0.4) is 0 Å². The van der Waals surface area contributed by atoms with Crippen LogP contribution in [0.25, 0.3) is 10.9 Å². The maximum absolute atomic E-state index is 5.93. The monoisotopic (exact) mass is 192 g/mol. The zero-order chi connectivity index (χ0) is 9.26. The van der Waals surface area contributed by atoms with Crippen LogP contribution in [0, 0.1) is 6.07 Å². The number of halogens is 1. The van der Waals surface area contributed by atoms with Gasteiger partial charge in [-0.25, -0.2) is 0 Å². The van der Waals surface area contributed by atoms with Crippen LogP contribution < -0.4 is 4.74 Å². The zero-order valence-electron chi connectivity index (χ0n) is 7.04. The van der Waals surface area contributed by atoms with E-state index in [1.807, 2.05) is 12.1 Å². The molecule has 65 valence electrons. The summed E-state index contributed by atoms with van der Waals surface area (Å²) in [6.45, 7) is 0. The summed E-state index contributed by atoms with van der Waals surface area (Å²) in [4.78, 5) is 4.18. The van der Waals surface area contributed by atoms with Gasteiger partial charge in [0.1, 0.15) is 11.3 Å². The van der Waals surface area contributed by atoms with Crippen molar-refractivity contribution in [1.82, 2.24) is 4.98 Å². The first-order chi connectivity index (χ1) is 6.33. The van der Waals surface area contributed by atoms with Gasteiger partial charge in [-0.15, -0.1) is 0 Å². The SMILES string of the molecule is COc1c[c]c(Cl)c2cccnc12. The molecule has 0 saturated carbocycles. The topological polar surface area (TPSA) is 22.1 Å². The normalized spacial score (nSPS) is 10.3. The van der Waals surface area contributed by atoms with Crippen LogP contribution in [0.4, 0.5) is 0 Å². The molecule has 0 fully saturated rings. The van der Waals surface area contributed by atoms with E-state index in [1.165, 1.54) is 0 Å². The summed E-state index contributed by atoms with van der Waals surface area (Å²) in [5.74, 6) is 0.694. The highest BCUT2D eigenvalue weighted by molar-refractivity contribution is 6.35. The van der Waals surface area contributed by atoms with Crippen molar-refractivity contribution < 1.29 is 4.74 Å². The Morgan fingerprint density at radius 2 is 2.38 bits per heavy atom. The van der Waals surface area contributed by atoms with E-state index in [9.17, 15) is 0 Å². The maximum atomic E-state index is 5.93. The molecule has 1 heterocycles. The summed E-state index contributed by atoms with van der Waals surface area (Å²) in [7, 11) is 1.60. The third-order valence-corrected chi connectivity index (χ3v) is 2.14. The van der Waals surface area contributed by atoms with Crippen LogP contribution in [-0.2, 0) is 0 Å². The highest BCUT2D eigenvalue weighted by atomic mass is 35.5. The second kappa shape index (κ2) is 3.23. The lowest BCUT2D eigenvalue weighted by atomic mass is 10.2. The van der Waals surface area contributed by atoms with E-state index < -0.39 is 0 Å². The molecule has 0 spiro atoms. The molecule has 2 nitrogen and oxygen atoms in total. The Morgan fingerprint density at radius 1 is 1.54 bits per heavy atom. The molecule has 0 atom stereocenters. The van der Waals surface area contributed by atoms with Crippen molar-refractivity contribution in [3.63, 3.8) is 0 Å². The van der Waals surface area contributed by atoms with Crippen LogP contribution >= 0.6 is 11.6 Å². The lowest BCUT2D eigenvalue weighted by Crippen LogP contribution is -1.87. The minimum absolute atomic E-state index is 0.573. The predicted molar refractivity (Wildman–Crippen MR) is 52.1 cm³/mol. The first-order valence-corrected chi connectivity index (χ1v) is 4.19. The summed E-state index contributed by atoms with van der Waals surface area (Å²) < 4.78 is 5.13. The van der Waals surface area contributed by atoms with Crippen LogP contribution in [0.5, 0.6) is 5.75 Å². The highest BCUT2D eigenvalue weighted by Crippen LogP contribution is 2.28. The molecule has 0 aliphatic heterocycles. The molecule has 2 aromatic rings. The summed E-state index contributed by atoms with van der Waals surface area (Å²) in [6.07, 6.45) is 1.71. The molecule has 0 bridgehead atoms. The van der Waals surface area contributed by atoms with Crippen molar-refractivity contribution in [2.24, 2.45) is 0 Å². The number of fused-ring (bicyclic) bond motifs is 1. The van der Waals surface area contributed by atoms with Gasteiger partial charge in [0.05, 0.1) is 12.1 Å². The van der Waals surface area contributed by atoms with Crippen LogP contribution in [0.2, 0.25) is 5.02 Å². The van der Waals surface area contributed by atoms with E-state index in [-0.39, 0.29) is 0 Å². The third-order valence-electron chi connectivity index (χ3n) is 1.83. The fourth-order valence-electron chi connectivity index (χ4n) is 1.21. The Balaban J connectivity index is 2.84. The fourth-order valence-corrected chi connectivity index (χ4v) is 1.42. The van der Waals surface area contributed by atoms with Gasteiger partial charge in [-0.1, -0.05) is 11.6 Å². The molecule has 0 aliphatic rings. The summed E-state index contributed by atoms with van der Waals surface area (Å²) in [5.41, 5.74) is 0.772. The van der Waals surface area contributed by atoms with Gasteiger partial charge in [-0.05, 0) is 18.2 Å². The number of hydrogen-bond acceptors (Lipinski definition) is 2. The minimum atomic E-state index is 0.573. The van der Waals surface area contributed by atoms with E-state index in [0.717, 1.165) is 10.9 Å². The molecular weight excluding hydrogens is 186 g/mol. The van der Waals surface area contributed by atoms with Crippen molar-refractivity contribution in [3.05, 3.63) is 35.5 Å². The van der Waals surface area contributed by atoms with Gasteiger partial charge in [0.25, 0.3) is 0 Å². The fraction of sp³-hybridized carbons (Fsp3) is 0.100. The van der Waals surface area contributed by atoms with Gasteiger partial charge in [0.2, 0.25) is 0 Å². The Hall–Kier alpha value is -1.28. The van der Waals surface area contributed by atoms with Crippen molar-refractivity contribution in [1.29, 1.82) is 0 Å². The van der Waals surface area contributed by atoms with Crippen molar-refractivity contribution in [3.8, 4) is 5.75 Å². The maximum Gasteiger partial charge on any atom is 0.145 e.